The summed E-state index contributed by atoms with van der Waals surface area (Å²) in [6.07, 6.45) is 1.50. The van der Waals surface area contributed by atoms with Gasteiger partial charge in [-0.25, -0.2) is 9.48 Å². The number of nitrogens with zero attached hydrogens (tertiary/aromatic N) is 2. The molecule has 1 aromatic heterocycles. The van der Waals surface area contributed by atoms with Gasteiger partial charge in [0.15, 0.2) is 0 Å². The zero-order chi connectivity index (χ0) is 13.1. The van der Waals surface area contributed by atoms with Crippen LogP contribution in [-0.2, 0) is 11.5 Å². The number of rotatable bonds is 6. The molecule has 17 heavy (non-hydrogen) atoms. The summed E-state index contributed by atoms with van der Waals surface area (Å²) in [6, 6.07) is 1.09. The number of aromatic nitrogens is 2. The van der Waals surface area contributed by atoms with Crippen LogP contribution in [0.1, 0.15) is 10.4 Å². The fourth-order valence-corrected chi connectivity index (χ4v) is 2.55. The first kappa shape index (κ1) is 14.6. The van der Waals surface area contributed by atoms with Crippen molar-refractivity contribution in [3.05, 3.63) is 15.5 Å². The first-order valence-electron chi connectivity index (χ1n) is 5.33. The van der Waals surface area contributed by atoms with Crippen molar-refractivity contribution in [2.45, 2.75) is 32.4 Å². The standard InChI is InChI=1S/C10H17IN2O3Si/c1-17(2,3)5-4-16-7-13-6-8(10(14)15)9(11)12-13/h6H,4-5,7H2,1-3H3,(H,14,15). The van der Waals surface area contributed by atoms with Crippen LogP contribution in [0.4, 0.5) is 0 Å². The number of carbonyl (C=O) groups is 1. The van der Waals surface area contributed by atoms with E-state index in [0.29, 0.717) is 17.0 Å². The summed E-state index contributed by atoms with van der Waals surface area (Å²) in [5, 5.41) is 12.9. The molecule has 1 N–H and O–H groups in total. The summed E-state index contributed by atoms with van der Waals surface area (Å²) in [5.41, 5.74) is 0.222. The van der Waals surface area contributed by atoms with Crippen LogP contribution < -0.4 is 0 Å². The van der Waals surface area contributed by atoms with Gasteiger partial charge in [0.1, 0.15) is 16.0 Å². The molecule has 1 heterocycles. The van der Waals surface area contributed by atoms with E-state index in [4.69, 9.17) is 9.84 Å². The summed E-state index contributed by atoms with van der Waals surface area (Å²) in [5.74, 6) is -0.956. The second-order valence-electron chi connectivity index (χ2n) is 5.03. The Balaban J connectivity index is 2.43. The molecule has 0 radical (unpaired) electrons. The van der Waals surface area contributed by atoms with Gasteiger partial charge < -0.3 is 9.84 Å². The molecule has 1 aromatic rings. The Hall–Kier alpha value is -0.413. The van der Waals surface area contributed by atoms with Crippen LogP contribution in [0, 0.1) is 3.70 Å². The molecule has 96 valence electrons. The van der Waals surface area contributed by atoms with Gasteiger partial charge in [0, 0.05) is 20.9 Å². The Morgan fingerprint density at radius 1 is 1.59 bits per heavy atom. The molecule has 0 bridgehead atoms. The topological polar surface area (TPSA) is 64.3 Å². The lowest BCUT2D eigenvalue weighted by atomic mass is 10.4. The maximum Gasteiger partial charge on any atom is 0.340 e. The lowest BCUT2D eigenvalue weighted by Gasteiger charge is -2.15. The maximum atomic E-state index is 10.8. The molecule has 0 saturated heterocycles. The Morgan fingerprint density at radius 2 is 2.24 bits per heavy atom. The lowest BCUT2D eigenvalue weighted by Crippen LogP contribution is -2.22. The molecular weight excluding hydrogens is 351 g/mol. The van der Waals surface area contributed by atoms with E-state index in [0.717, 1.165) is 6.04 Å². The van der Waals surface area contributed by atoms with E-state index in [1.165, 1.54) is 10.9 Å². The van der Waals surface area contributed by atoms with E-state index < -0.39 is 14.0 Å². The van der Waals surface area contributed by atoms with Crippen molar-refractivity contribution < 1.29 is 14.6 Å². The van der Waals surface area contributed by atoms with Gasteiger partial charge in [-0.3, -0.25) is 0 Å². The Bertz CT molecular complexity index is 401. The van der Waals surface area contributed by atoms with E-state index in [1.54, 1.807) is 0 Å². The zero-order valence-corrected chi connectivity index (χ0v) is 13.4. The molecule has 0 unspecified atom stereocenters. The molecule has 0 atom stereocenters. The number of carboxylic acids is 1. The predicted molar refractivity (Wildman–Crippen MR) is 76.0 cm³/mol. The molecule has 0 amide bonds. The highest BCUT2D eigenvalue weighted by Gasteiger charge is 2.14. The van der Waals surface area contributed by atoms with Gasteiger partial charge in [-0.2, -0.15) is 5.10 Å². The second kappa shape index (κ2) is 5.96. The van der Waals surface area contributed by atoms with Gasteiger partial charge in [0.25, 0.3) is 0 Å². The lowest BCUT2D eigenvalue weighted by molar-refractivity contribution is 0.0692. The number of halogens is 1. The fourth-order valence-electron chi connectivity index (χ4n) is 1.14. The zero-order valence-electron chi connectivity index (χ0n) is 10.2. The van der Waals surface area contributed by atoms with Crippen molar-refractivity contribution in [1.82, 2.24) is 9.78 Å². The van der Waals surface area contributed by atoms with Gasteiger partial charge in [0.05, 0.1) is 0 Å². The van der Waals surface area contributed by atoms with E-state index in [-0.39, 0.29) is 5.56 Å². The third kappa shape index (κ3) is 5.17. The molecule has 0 spiro atoms. The van der Waals surface area contributed by atoms with Gasteiger partial charge in [-0.1, -0.05) is 19.6 Å². The Labute approximate surface area is 115 Å². The van der Waals surface area contributed by atoms with Crippen molar-refractivity contribution >= 4 is 36.6 Å². The van der Waals surface area contributed by atoms with E-state index in [2.05, 4.69) is 24.7 Å². The average Bonchev–Trinajstić information content (AvgIpc) is 2.53. The highest BCUT2D eigenvalue weighted by molar-refractivity contribution is 14.1. The van der Waals surface area contributed by atoms with Gasteiger partial charge in [-0.15, -0.1) is 0 Å². The molecule has 7 heteroatoms. The van der Waals surface area contributed by atoms with Crippen LogP contribution in [0.5, 0.6) is 0 Å². The van der Waals surface area contributed by atoms with Crippen molar-refractivity contribution in [1.29, 1.82) is 0 Å². The highest BCUT2D eigenvalue weighted by atomic mass is 127. The molecule has 5 nitrogen and oxygen atoms in total. The number of hydrogen-bond acceptors (Lipinski definition) is 3. The maximum absolute atomic E-state index is 10.8. The minimum Gasteiger partial charge on any atom is -0.478 e. The van der Waals surface area contributed by atoms with Crippen molar-refractivity contribution in [3.63, 3.8) is 0 Å². The molecule has 0 aromatic carbocycles. The van der Waals surface area contributed by atoms with Crippen molar-refractivity contribution in [2.75, 3.05) is 6.61 Å². The molecule has 0 aliphatic rings. The number of ether oxygens (including phenoxy) is 1. The summed E-state index contributed by atoms with van der Waals surface area (Å²) < 4.78 is 7.50. The van der Waals surface area contributed by atoms with E-state index in [1.807, 2.05) is 22.6 Å². The van der Waals surface area contributed by atoms with Gasteiger partial charge in [0.2, 0.25) is 0 Å². The van der Waals surface area contributed by atoms with Crippen LogP contribution >= 0.6 is 22.6 Å². The molecular formula is C10H17IN2O3Si. The monoisotopic (exact) mass is 368 g/mol. The minimum atomic E-state index is -1.07. The SMILES string of the molecule is C[Si](C)(C)CCOCn1cc(C(=O)O)c(I)n1. The third-order valence-electron chi connectivity index (χ3n) is 2.17. The van der Waals surface area contributed by atoms with Crippen molar-refractivity contribution in [3.8, 4) is 0 Å². The van der Waals surface area contributed by atoms with Crippen LogP contribution in [0.2, 0.25) is 25.7 Å². The highest BCUT2D eigenvalue weighted by Crippen LogP contribution is 2.11. The minimum absolute atomic E-state index is 0.222. The fraction of sp³-hybridized carbons (Fsp3) is 0.600. The smallest absolute Gasteiger partial charge is 0.340 e. The quantitative estimate of drug-likeness (QED) is 0.476. The summed E-state index contributed by atoms with van der Waals surface area (Å²) in [4.78, 5) is 10.8. The summed E-state index contributed by atoms with van der Waals surface area (Å²) in [7, 11) is -1.07. The molecule has 0 saturated carbocycles. The summed E-state index contributed by atoms with van der Waals surface area (Å²) in [6.45, 7) is 7.88. The largest absolute Gasteiger partial charge is 0.478 e. The van der Waals surface area contributed by atoms with Crippen LogP contribution in [-0.4, -0.2) is 35.5 Å². The first-order valence-corrected chi connectivity index (χ1v) is 10.1. The van der Waals surface area contributed by atoms with Gasteiger partial charge >= 0.3 is 5.97 Å². The van der Waals surface area contributed by atoms with E-state index in [9.17, 15) is 4.79 Å². The number of hydrogen-bond donors (Lipinski definition) is 1. The third-order valence-corrected chi connectivity index (χ3v) is 4.67. The molecule has 0 aliphatic carbocycles. The average molecular weight is 368 g/mol. The Morgan fingerprint density at radius 3 is 2.71 bits per heavy atom. The molecule has 0 fully saturated rings. The van der Waals surface area contributed by atoms with E-state index >= 15 is 0 Å². The first-order chi connectivity index (χ1) is 7.79. The predicted octanol–water partition coefficient (Wildman–Crippen LogP) is 2.50. The normalized spacial score (nSPS) is 11.8. The Kier molecular flexibility index (Phi) is 5.14. The number of carboxylic acid groups (broad SMARTS) is 1. The van der Waals surface area contributed by atoms with Crippen molar-refractivity contribution in [2.24, 2.45) is 0 Å². The second-order valence-corrected chi connectivity index (χ2v) is 11.7. The van der Waals surface area contributed by atoms with Crippen LogP contribution in [0.3, 0.4) is 0 Å². The molecule has 0 aliphatic heterocycles. The number of aromatic carboxylic acids is 1. The van der Waals surface area contributed by atoms with Gasteiger partial charge in [-0.05, 0) is 28.6 Å². The molecule has 1 rings (SSSR count). The summed E-state index contributed by atoms with van der Waals surface area (Å²) >= 11 is 1.91. The van der Waals surface area contributed by atoms with Crippen LogP contribution in [0.15, 0.2) is 6.20 Å². The van der Waals surface area contributed by atoms with Crippen LogP contribution in [0.25, 0.3) is 0 Å².